The third kappa shape index (κ3) is 3.04. The smallest absolute Gasteiger partial charge is 0.0662 e. The average Bonchev–Trinajstić information content (AvgIpc) is 2.56. The van der Waals surface area contributed by atoms with Gasteiger partial charge in [-0.05, 0) is 40.3 Å². The number of nitrogens with one attached hydrogen (secondary N) is 1. The molecule has 19 heavy (non-hydrogen) atoms. The largest absolute Gasteiger partial charge is 0.316 e. The summed E-state index contributed by atoms with van der Waals surface area (Å²) in [6.07, 6.45) is 0. The van der Waals surface area contributed by atoms with E-state index in [0.29, 0.717) is 0 Å². The molecule has 0 saturated carbocycles. The zero-order valence-corrected chi connectivity index (χ0v) is 12.5. The van der Waals surface area contributed by atoms with Crippen LogP contribution in [0.25, 0.3) is 0 Å². The van der Waals surface area contributed by atoms with Crippen molar-refractivity contribution in [1.82, 2.24) is 15.1 Å². The number of hydrogen-bond acceptors (Lipinski definition) is 2. The first-order chi connectivity index (χ1) is 9.01. The number of nitrogens with zero attached hydrogens (tertiary/aromatic N) is 2. The maximum absolute atomic E-state index is 4.66. The van der Waals surface area contributed by atoms with Gasteiger partial charge in [-0.25, -0.2) is 0 Å². The number of rotatable bonds is 4. The van der Waals surface area contributed by atoms with Gasteiger partial charge in [0.1, 0.15) is 0 Å². The van der Waals surface area contributed by atoms with Gasteiger partial charge in [-0.1, -0.05) is 29.3 Å². The molecule has 0 spiro atoms. The minimum absolute atomic E-state index is 0.846. The van der Waals surface area contributed by atoms with Crippen molar-refractivity contribution >= 4 is 0 Å². The maximum atomic E-state index is 4.66. The van der Waals surface area contributed by atoms with Gasteiger partial charge in [-0.3, -0.25) is 4.68 Å². The second kappa shape index (κ2) is 5.57. The molecule has 1 aromatic carbocycles. The second-order valence-electron chi connectivity index (χ2n) is 5.33. The van der Waals surface area contributed by atoms with Crippen LogP contribution in [0, 0.1) is 27.7 Å². The zero-order chi connectivity index (χ0) is 14.0. The van der Waals surface area contributed by atoms with Crippen molar-refractivity contribution in [3.63, 3.8) is 0 Å². The third-order valence-electron chi connectivity index (χ3n) is 3.50. The van der Waals surface area contributed by atoms with E-state index in [4.69, 9.17) is 0 Å². The van der Waals surface area contributed by atoms with Crippen LogP contribution < -0.4 is 5.32 Å². The lowest BCUT2D eigenvalue weighted by Gasteiger charge is -2.08. The molecule has 1 N–H and O–H groups in total. The fraction of sp³-hybridized carbons (Fsp3) is 0.438. The summed E-state index contributed by atoms with van der Waals surface area (Å²) in [5, 5.41) is 7.87. The molecule has 1 aromatic heterocycles. The van der Waals surface area contributed by atoms with Crippen LogP contribution in [0.15, 0.2) is 18.2 Å². The quantitative estimate of drug-likeness (QED) is 0.912. The van der Waals surface area contributed by atoms with Crippen molar-refractivity contribution in [2.75, 3.05) is 7.05 Å². The normalized spacial score (nSPS) is 11.0. The lowest BCUT2D eigenvalue weighted by molar-refractivity contribution is 0.656. The lowest BCUT2D eigenvalue weighted by atomic mass is 10.1. The number of aromatic nitrogens is 2. The van der Waals surface area contributed by atoms with Gasteiger partial charge in [-0.15, -0.1) is 0 Å². The fourth-order valence-electron chi connectivity index (χ4n) is 2.65. The highest BCUT2D eigenvalue weighted by Crippen LogP contribution is 2.16. The minimum atomic E-state index is 0.846. The summed E-state index contributed by atoms with van der Waals surface area (Å²) in [6.45, 7) is 10.2. The molecule has 0 aliphatic rings. The van der Waals surface area contributed by atoms with Gasteiger partial charge in [-0.2, -0.15) is 5.10 Å². The van der Waals surface area contributed by atoms with Crippen molar-refractivity contribution in [1.29, 1.82) is 0 Å². The van der Waals surface area contributed by atoms with E-state index in [1.54, 1.807) is 0 Å². The minimum Gasteiger partial charge on any atom is -0.316 e. The van der Waals surface area contributed by atoms with Crippen LogP contribution in [0.1, 0.15) is 33.6 Å². The standard InChI is InChI=1S/C16H23N3/c1-11-6-12(2)8-15(7-11)10-19-14(4)16(9-17-5)13(3)18-19/h6-8,17H,9-10H2,1-5H3. The first kappa shape index (κ1) is 13.8. The van der Waals surface area contributed by atoms with Crippen molar-refractivity contribution in [3.8, 4) is 0 Å². The van der Waals surface area contributed by atoms with Crippen LogP contribution in [0.3, 0.4) is 0 Å². The Hall–Kier alpha value is -1.61. The highest BCUT2D eigenvalue weighted by atomic mass is 15.3. The van der Waals surface area contributed by atoms with Crippen molar-refractivity contribution in [2.45, 2.75) is 40.8 Å². The van der Waals surface area contributed by atoms with Crippen LogP contribution in [0.2, 0.25) is 0 Å². The maximum Gasteiger partial charge on any atom is 0.0662 e. The predicted octanol–water partition coefficient (Wildman–Crippen LogP) is 2.88. The van der Waals surface area contributed by atoms with Crippen molar-refractivity contribution < 1.29 is 0 Å². The Labute approximate surface area is 115 Å². The summed E-state index contributed by atoms with van der Waals surface area (Å²) in [4.78, 5) is 0. The lowest BCUT2D eigenvalue weighted by Crippen LogP contribution is -2.08. The predicted molar refractivity (Wildman–Crippen MR) is 79.5 cm³/mol. The first-order valence-electron chi connectivity index (χ1n) is 6.76. The monoisotopic (exact) mass is 257 g/mol. The van der Waals surface area contributed by atoms with Gasteiger partial charge in [0.05, 0.1) is 12.2 Å². The Morgan fingerprint density at radius 2 is 1.68 bits per heavy atom. The van der Waals surface area contributed by atoms with Crippen LogP contribution in [-0.2, 0) is 13.1 Å². The number of benzene rings is 1. The summed E-state index contributed by atoms with van der Waals surface area (Å²) in [5.74, 6) is 0. The molecule has 0 aliphatic heterocycles. The Morgan fingerprint density at radius 1 is 1.05 bits per heavy atom. The molecule has 0 saturated heterocycles. The summed E-state index contributed by atoms with van der Waals surface area (Å²) in [7, 11) is 1.97. The van der Waals surface area contributed by atoms with Crippen molar-refractivity contribution in [3.05, 3.63) is 51.8 Å². The average molecular weight is 257 g/mol. The molecule has 0 fully saturated rings. The summed E-state index contributed by atoms with van der Waals surface area (Å²) in [6, 6.07) is 6.68. The molecule has 0 unspecified atom stereocenters. The van der Waals surface area contributed by atoms with E-state index in [9.17, 15) is 0 Å². The molecule has 2 rings (SSSR count). The molecule has 0 aliphatic carbocycles. The van der Waals surface area contributed by atoms with Crippen molar-refractivity contribution in [2.24, 2.45) is 0 Å². The molecule has 1 heterocycles. The van der Waals surface area contributed by atoms with E-state index in [2.05, 4.69) is 61.0 Å². The molecule has 102 valence electrons. The summed E-state index contributed by atoms with van der Waals surface area (Å²) >= 11 is 0. The molecule has 0 bridgehead atoms. The summed E-state index contributed by atoms with van der Waals surface area (Å²) in [5.41, 5.74) is 7.63. The Bertz CT molecular complexity index is 562. The van der Waals surface area contributed by atoms with E-state index < -0.39 is 0 Å². The molecular weight excluding hydrogens is 234 g/mol. The SMILES string of the molecule is CNCc1c(C)nn(Cc2cc(C)cc(C)c2)c1C. The van der Waals surface area contributed by atoms with Gasteiger partial charge in [0, 0.05) is 17.8 Å². The topological polar surface area (TPSA) is 29.9 Å². The van der Waals surface area contributed by atoms with E-state index in [0.717, 1.165) is 18.8 Å². The fourth-order valence-corrected chi connectivity index (χ4v) is 2.65. The number of hydrogen-bond donors (Lipinski definition) is 1. The zero-order valence-electron chi connectivity index (χ0n) is 12.5. The number of aryl methyl sites for hydroxylation is 3. The molecule has 2 aromatic rings. The van der Waals surface area contributed by atoms with E-state index in [-0.39, 0.29) is 0 Å². The van der Waals surface area contributed by atoms with Gasteiger partial charge in [0.2, 0.25) is 0 Å². The Balaban J connectivity index is 2.30. The Kier molecular flexibility index (Phi) is 4.05. The van der Waals surface area contributed by atoms with E-state index >= 15 is 0 Å². The summed E-state index contributed by atoms with van der Waals surface area (Å²) < 4.78 is 2.11. The third-order valence-corrected chi connectivity index (χ3v) is 3.50. The van der Waals surface area contributed by atoms with Gasteiger partial charge >= 0.3 is 0 Å². The van der Waals surface area contributed by atoms with Crippen LogP contribution in [0.4, 0.5) is 0 Å². The van der Waals surface area contributed by atoms with Gasteiger partial charge < -0.3 is 5.32 Å². The molecular formula is C16H23N3. The van der Waals surface area contributed by atoms with Crippen LogP contribution in [-0.4, -0.2) is 16.8 Å². The highest BCUT2D eigenvalue weighted by molar-refractivity contribution is 5.30. The van der Waals surface area contributed by atoms with Crippen LogP contribution >= 0.6 is 0 Å². The van der Waals surface area contributed by atoms with E-state index in [1.165, 1.54) is 27.9 Å². The molecule has 3 heteroatoms. The molecule has 3 nitrogen and oxygen atoms in total. The van der Waals surface area contributed by atoms with Gasteiger partial charge in [0.15, 0.2) is 0 Å². The van der Waals surface area contributed by atoms with E-state index in [1.807, 2.05) is 7.05 Å². The second-order valence-corrected chi connectivity index (χ2v) is 5.33. The molecule has 0 radical (unpaired) electrons. The van der Waals surface area contributed by atoms with Gasteiger partial charge in [0.25, 0.3) is 0 Å². The molecule has 0 amide bonds. The molecule has 0 atom stereocenters. The highest BCUT2D eigenvalue weighted by Gasteiger charge is 2.11. The first-order valence-corrected chi connectivity index (χ1v) is 6.76. The Morgan fingerprint density at radius 3 is 2.26 bits per heavy atom. The van der Waals surface area contributed by atoms with Crippen LogP contribution in [0.5, 0.6) is 0 Å².